The number of rotatable bonds is 5. The minimum atomic E-state index is -0.763. The van der Waals surface area contributed by atoms with E-state index in [4.69, 9.17) is 1.37 Å². The van der Waals surface area contributed by atoms with E-state index in [1.165, 1.54) is 0 Å². The van der Waals surface area contributed by atoms with Crippen molar-refractivity contribution in [3.8, 4) is 0 Å². The molecule has 6 heteroatoms. The second kappa shape index (κ2) is 5.23. The molecule has 0 aliphatic carbocycles. The Balaban J connectivity index is 2.31. The SMILES string of the molecule is [2H]C(=O)CCCC(=O)ON1C(=O)CCC1=O. The average molecular weight is 214 g/mol. The van der Waals surface area contributed by atoms with Crippen LogP contribution in [0.5, 0.6) is 0 Å². The van der Waals surface area contributed by atoms with Crippen molar-refractivity contribution in [2.75, 3.05) is 0 Å². The van der Waals surface area contributed by atoms with Gasteiger partial charge in [-0.05, 0) is 6.42 Å². The first-order valence-electron chi connectivity index (χ1n) is 5.06. The maximum Gasteiger partial charge on any atom is 0.333 e. The number of imide groups is 1. The zero-order valence-electron chi connectivity index (χ0n) is 9.02. The van der Waals surface area contributed by atoms with Crippen molar-refractivity contribution in [3.05, 3.63) is 0 Å². The summed E-state index contributed by atoms with van der Waals surface area (Å²) in [6.07, 6.45) is -0.619. The first-order chi connectivity index (χ1) is 7.50. The Hall–Kier alpha value is -1.72. The van der Waals surface area contributed by atoms with Crippen molar-refractivity contribution in [3.63, 3.8) is 0 Å². The van der Waals surface area contributed by atoms with Crippen LogP contribution in [0.3, 0.4) is 0 Å². The summed E-state index contributed by atoms with van der Waals surface area (Å²) < 4.78 is 6.60. The maximum absolute atomic E-state index is 11.1. The van der Waals surface area contributed by atoms with Crippen molar-refractivity contribution < 1.29 is 25.4 Å². The standard InChI is InChI=1S/C9H11NO5/c11-6-2-1-3-9(14)15-10-7(12)4-5-8(10)13/h6H,1-5H2/i6D. The van der Waals surface area contributed by atoms with Gasteiger partial charge < -0.3 is 9.63 Å². The lowest BCUT2D eigenvalue weighted by Gasteiger charge is -2.11. The lowest BCUT2D eigenvalue weighted by Crippen LogP contribution is -2.31. The van der Waals surface area contributed by atoms with E-state index >= 15 is 0 Å². The van der Waals surface area contributed by atoms with Crippen LogP contribution in [0.4, 0.5) is 0 Å². The van der Waals surface area contributed by atoms with Gasteiger partial charge in [-0.15, -0.1) is 5.06 Å². The number of hydrogen-bond acceptors (Lipinski definition) is 5. The molecule has 82 valence electrons. The number of carbonyl (C=O) groups is 4. The molecule has 0 bridgehead atoms. The highest BCUT2D eigenvalue weighted by Gasteiger charge is 2.32. The van der Waals surface area contributed by atoms with E-state index in [9.17, 15) is 19.2 Å². The zero-order valence-corrected chi connectivity index (χ0v) is 8.02. The maximum atomic E-state index is 11.1. The summed E-state index contributed by atoms with van der Waals surface area (Å²) in [4.78, 5) is 48.0. The lowest BCUT2D eigenvalue weighted by atomic mass is 10.2. The minimum absolute atomic E-state index is 0.0446. The molecule has 0 N–H and O–H groups in total. The summed E-state index contributed by atoms with van der Waals surface area (Å²) in [7, 11) is 0. The molecule has 6 nitrogen and oxygen atoms in total. The zero-order chi connectivity index (χ0) is 12.1. The molecule has 0 unspecified atom stereocenters. The Kier molecular flexibility index (Phi) is 3.43. The minimum Gasteiger partial charge on any atom is -0.330 e. The molecule has 0 atom stereocenters. The van der Waals surface area contributed by atoms with E-state index in [1.54, 1.807) is 0 Å². The third-order valence-corrected chi connectivity index (χ3v) is 1.86. The predicted molar refractivity (Wildman–Crippen MR) is 47.1 cm³/mol. The molecule has 1 aliphatic rings. The third-order valence-electron chi connectivity index (χ3n) is 1.86. The van der Waals surface area contributed by atoms with Gasteiger partial charge in [0.1, 0.15) is 7.63 Å². The van der Waals surface area contributed by atoms with E-state index in [1.807, 2.05) is 0 Å². The van der Waals surface area contributed by atoms with Crippen LogP contribution in [0, 0.1) is 0 Å². The number of nitrogens with zero attached hydrogens (tertiary/aromatic N) is 1. The highest BCUT2D eigenvalue weighted by molar-refractivity contribution is 6.01. The molecule has 0 spiro atoms. The smallest absolute Gasteiger partial charge is 0.330 e. The van der Waals surface area contributed by atoms with Gasteiger partial charge in [-0.1, -0.05) is 0 Å². The van der Waals surface area contributed by atoms with E-state index in [-0.39, 0.29) is 32.1 Å². The van der Waals surface area contributed by atoms with E-state index in [0.717, 1.165) is 0 Å². The van der Waals surface area contributed by atoms with E-state index < -0.39 is 24.0 Å². The Morgan fingerprint density at radius 2 is 2.07 bits per heavy atom. The molecule has 0 aromatic heterocycles. The van der Waals surface area contributed by atoms with Gasteiger partial charge in [-0.2, -0.15) is 0 Å². The van der Waals surface area contributed by atoms with Crippen LogP contribution in [0.2, 0.25) is 0 Å². The summed E-state index contributed by atoms with van der Waals surface area (Å²) >= 11 is 0. The number of hydrogen-bond donors (Lipinski definition) is 0. The highest BCUT2D eigenvalue weighted by atomic mass is 16.7. The average Bonchev–Trinajstić information content (AvgIpc) is 2.49. The van der Waals surface area contributed by atoms with Crippen LogP contribution in [-0.4, -0.2) is 29.1 Å². The fourth-order valence-electron chi connectivity index (χ4n) is 1.11. The summed E-state index contributed by atoms with van der Waals surface area (Å²) in [6.45, 7) is 0. The molecular weight excluding hydrogens is 202 g/mol. The van der Waals surface area contributed by atoms with Gasteiger partial charge in [0.05, 0.1) is 0 Å². The van der Waals surface area contributed by atoms with Crippen molar-refractivity contribution in [2.45, 2.75) is 32.1 Å². The van der Waals surface area contributed by atoms with Gasteiger partial charge in [0.25, 0.3) is 11.8 Å². The van der Waals surface area contributed by atoms with Gasteiger partial charge in [-0.25, -0.2) is 4.79 Å². The predicted octanol–water partition coefficient (Wildman–Crippen LogP) is -0.0372. The number of hydroxylamine groups is 2. The van der Waals surface area contributed by atoms with E-state index in [2.05, 4.69) is 4.84 Å². The van der Waals surface area contributed by atoms with Crippen LogP contribution >= 0.6 is 0 Å². The Morgan fingerprint density at radius 3 is 2.60 bits per heavy atom. The van der Waals surface area contributed by atoms with Crippen LogP contribution in [-0.2, 0) is 24.0 Å². The molecule has 1 heterocycles. The van der Waals surface area contributed by atoms with Gasteiger partial charge in [0, 0.05) is 25.7 Å². The van der Waals surface area contributed by atoms with Crippen molar-refractivity contribution in [1.29, 1.82) is 0 Å². The summed E-state index contributed by atoms with van der Waals surface area (Å²) in [5.41, 5.74) is 0. The number of aldehydes is 1. The highest BCUT2D eigenvalue weighted by Crippen LogP contribution is 2.12. The van der Waals surface area contributed by atoms with Crippen LogP contribution in [0.25, 0.3) is 0 Å². The molecular formula is C9H11NO5. The first-order valence-corrected chi connectivity index (χ1v) is 4.56. The van der Waals surface area contributed by atoms with Crippen molar-refractivity contribution in [2.24, 2.45) is 0 Å². The second-order valence-electron chi connectivity index (χ2n) is 3.04. The monoisotopic (exact) mass is 214 g/mol. The molecule has 0 radical (unpaired) electrons. The Bertz CT molecular complexity index is 325. The quantitative estimate of drug-likeness (QED) is 0.474. The largest absolute Gasteiger partial charge is 0.333 e. The topological polar surface area (TPSA) is 80.8 Å². The molecule has 0 aromatic carbocycles. The fraction of sp³-hybridized carbons (Fsp3) is 0.556. The number of amides is 2. The molecule has 15 heavy (non-hydrogen) atoms. The molecule has 0 saturated carbocycles. The normalized spacial score (nSPS) is 16.5. The summed E-state index contributed by atoms with van der Waals surface area (Å²) in [5, 5.41) is 0.463. The molecule has 1 rings (SSSR count). The summed E-state index contributed by atoms with van der Waals surface area (Å²) in [5.74, 6) is -1.81. The van der Waals surface area contributed by atoms with E-state index in [0.29, 0.717) is 5.06 Å². The Morgan fingerprint density at radius 1 is 1.47 bits per heavy atom. The number of carbonyl (C=O) groups excluding carboxylic acids is 4. The van der Waals surface area contributed by atoms with Gasteiger partial charge >= 0.3 is 5.97 Å². The van der Waals surface area contributed by atoms with Gasteiger partial charge in [-0.3, -0.25) is 9.59 Å². The second-order valence-corrected chi connectivity index (χ2v) is 3.04. The molecule has 2 amide bonds. The van der Waals surface area contributed by atoms with Crippen molar-refractivity contribution in [1.82, 2.24) is 5.06 Å². The van der Waals surface area contributed by atoms with Gasteiger partial charge in [0.15, 0.2) is 0 Å². The third kappa shape index (κ3) is 3.16. The molecule has 1 aliphatic heterocycles. The first kappa shape index (κ1) is 9.82. The molecule has 0 aromatic rings. The molecule has 1 saturated heterocycles. The molecule has 1 fully saturated rings. The van der Waals surface area contributed by atoms with Crippen LogP contribution in [0.15, 0.2) is 0 Å². The van der Waals surface area contributed by atoms with Crippen LogP contribution < -0.4 is 0 Å². The van der Waals surface area contributed by atoms with Crippen molar-refractivity contribution >= 4 is 24.0 Å². The Labute approximate surface area is 87.5 Å². The summed E-state index contributed by atoms with van der Waals surface area (Å²) in [6, 6.07) is 0. The van der Waals surface area contributed by atoms with Crippen LogP contribution in [0.1, 0.15) is 33.5 Å². The lowest BCUT2D eigenvalue weighted by molar-refractivity contribution is -0.197. The fourth-order valence-corrected chi connectivity index (χ4v) is 1.11. The van der Waals surface area contributed by atoms with Gasteiger partial charge in [0.2, 0.25) is 0 Å².